The highest BCUT2D eigenvalue weighted by atomic mass is 32.1. The van der Waals surface area contributed by atoms with E-state index in [-0.39, 0.29) is 5.95 Å². The fourth-order valence-corrected chi connectivity index (χ4v) is 0.682. The Bertz CT molecular complexity index is 296. The fourth-order valence-electron chi connectivity index (χ4n) is 0.594. The zero-order chi connectivity index (χ0) is 8.97. The fraction of sp³-hybridized carbons (Fsp3) is 0.200. The molecule has 0 bridgehead atoms. The maximum absolute atomic E-state index is 9.97. The Morgan fingerprint density at radius 3 is 3.17 bits per heavy atom. The Balaban J connectivity index is 2.76. The van der Waals surface area contributed by atoms with Crippen LogP contribution in [0.2, 0.25) is 0 Å². The van der Waals surface area contributed by atoms with Gasteiger partial charge in [-0.3, -0.25) is 10.1 Å². The quantitative estimate of drug-likeness (QED) is 0.466. The predicted octanol–water partition coefficient (Wildman–Crippen LogP) is -0.801. The summed E-state index contributed by atoms with van der Waals surface area (Å²) in [5.41, 5.74) is 0. The molecule has 7 heteroatoms. The zero-order valence-electron chi connectivity index (χ0n) is 6.31. The molecule has 0 aromatic carbocycles. The summed E-state index contributed by atoms with van der Waals surface area (Å²) >= 11 is 4.85. The summed E-state index contributed by atoms with van der Waals surface area (Å²) in [6.07, 6.45) is 1.91. The average molecular weight is 185 g/mol. The van der Waals surface area contributed by atoms with Crippen LogP contribution in [-0.4, -0.2) is 33.3 Å². The number of hydrogen-bond acceptors (Lipinski definition) is 4. The van der Waals surface area contributed by atoms with Crippen molar-refractivity contribution in [2.75, 3.05) is 12.4 Å². The van der Waals surface area contributed by atoms with Gasteiger partial charge in [-0.25, -0.2) is 0 Å². The molecular formula is C5H7N5OS. The van der Waals surface area contributed by atoms with E-state index < -0.39 is 0 Å². The van der Waals surface area contributed by atoms with Crippen LogP contribution in [0.25, 0.3) is 0 Å². The molecule has 0 spiro atoms. The van der Waals surface area contributed by atoms with Gasteiger partial charge in [-0.1, -0.05) is 0 Å². The Hall–Kier alpha value is -1.50. The molecule has 1 rings (SSSR count). The van der Waals surface area contributed by atoms with Crippen LogP contribution in [0.3, 0.4) is 0 Å². The summed E-state index contributed by atoms with van der Waals surface area (Å²) < 4.78 is 1.35. The van der Waals surface area contributed by atoms with Crippen LogP contribution in [0, 0.1) is 0 Å². The summed E-state index contributed by atoms with van der Waals surface area (Å²) in [5, 5.41) is 9.26. The second kappa shape index (κ2) is 3.77. The van der Waals surface area contributed by atoms with Crippen molar-refractivity contribution < 1.29 is 4.79 Å². The van der Waals surface area contributed by atoms with Gasteiger partial charge in [0.25, 0.3) is 0 Å². The Morgan fingerprint density at radius 2 is 2.58 bits per heavy atom. The zero-order valence-corrected chi connectivity index (χ0v) is 7.13. The number of carbonyl (C=O) groups excluding carboxylic acids is 1. The second-order valence-electron chi connectivity index (χ2n) is 1.83. The molecule has 2 N–H and O–H groups in total. The van der Waals surface area contributed by atoms with Crippen LogP contribution in [0.15, 0.2) is 6.33 Å². The van der Waals surface area contributed by atoms with E-state index in [1.807, 2.05) is 0 Å². The lowest BCUT2D eigenvalue weighted by atomic mass is 11.0. The molecule has 0 atom stereocenters. The lowest BCUT2D eigenvalue weighted by Crippen LogP contribution is -2.24. The van der Waals surface area contributed by atoms with Gasteiger partial charge in [0.15, 0.2) is 5.11 Å². The van der Waals surface area contributed by atoms with Crippen LogP contribution < -0.4 is 10.6 Å². The third-order valence-corrected chi connectivity index (χ3v) is 1.49. The van der Waals surface area contributed by atoms with Gasteiger partial charge >= 0.3 is 0 Å². The van der Waals surface area contributed by atoms with E-state index >= 15 is 0 Å². The number of thiocarbonyl (C=S) groups is 1. The molecule has 1 aromatic heterocycles. The SMILES string of the molecule is CNC(=S)n1cnc(NC=O)n1. The van der Waals surface area contributed by atoms with Gasteiger partial charge in [0, 0.05) is 7.05 Å². The minimum atomic E-state index is 0.225. The first-order chi connectivity index (χ1) is 5.77. The Morgan fingerprint density at radius 1 is 1.83 bits per heavy atom. The van der Waals surface area contributed by atoms with Crippen LogP contribution in [0.5, 0.6) is 0 Å². The minimum absolute atomic E-state index is 0.225. The number of rotatable bonds is 2. The summed E-state index contributed by atoms with van der Waals surface area (Å²) in [6, 6.07) is 0. The molecule has 1 aromatic rings. The van der Waals surface area contributed by atoms with Crippen molar-refractivity contribution >= 4 is 29.7 Å². The van der Waals surface area contributed by atoms with Gasteiger partial charge < -0.3 is 5.32 Å². The number of anilines is 1. The maximum atomic E-state index is 9.97. The highest BCUT2D eigenvalue weighted by Gasteiger charge is 2.01. The van der Waals surface area contributed by atoms with E-state index in [4.69, 9.17) is 12.2 Å². The minimum Gasteiger partial charge on any atom is -0.364 e. The molecular weight excluding hydrogens is 178 g/mol. The number of hydrogen-bond donors (Lipinski definition) is 2. The van der Waals surface area contributed by atoms with Gasteiger partial charge in [0.2, 0.25) is 12.4 Å². The molecule has 0 fully saturated rings. The summed E-state index contributed by atoms with van der Waals surface area (Å²) in [4.78, 5) is 13.7. The third-order valence-electron chi connectivity index (χ3n) is 1.10. The van der Waals surface area contributed by atoms with Gasteiger partial charge in [0.1, 0.15) is 6.33 Å². The highest BCUT2D eigenvalue weighted by molar-refractivity contribution is 7.80. The second-order valence-corrected chi connectivity index (χ2v) is 2.22. The molecule has 1 heterocycles. The molecule has 6 nitrogen and oxygen atoms in total. The van der Waals surface area contributed by atoms with Gasteiger partial charge in [0.05, 0.1) is 0 Å². The first kappa shape index (κ1) is 8.60. The molecule has 1 amide bonds. The van der Waals surface area contributed by atoms with E-state index in [1.165, 1.54) is 11.0 Å². The largest absolute Gasteiger partial charge is 0.364 e. The Labute approximate surface area is 74.0 Å². The van der Waals surface area contributed by atoms with Gasteiger partial charge in [-0.2, -0.15) is 9.67 Å². The number of nitrogens with zero attached hydrogens (tertiary/aromatic N) is 3. The summed E-state index contributed by atoms with van der Waals surface area (Å²) in [5.74, 6) is 0.225. The number of aromatic nitrogens is 3. The number of nitrogens with one attached hydrogen (secondary N) is 2. The molecule has 0 aliphatic rings. The molecule has 0 aliphatic carbocycles. The summed E-state index contributed by atoms with van der Waals surface area (Å²) in [7, 11) is 1.68. The standard InChI is InChI=1S/C5H7N5OS/c1-6-5(12)10-2-7-4(9-10)8-3-11/h2-3H,1H3,(H,6,12)(H,8,9,11). The van der Waals surface area contributed by atoms with Crippen molar-refractivity contribution in [3.63, 3.8) is 0 Å². The molecule has 0 saturated heterocycles. The molecule has 0 saturated carbocycles. The van der Waals surface area contributed by atoms with Crippen molar-refractivity contribution in [3.05, 3.63) is 6.33 Å². The van der Waals surface area contributed by atoms with E-state index in [2.05, 4.69) is 20.7 Å². The lowest BCUT2D eigenvalue weighted by molar-refractivity contribution is -0.105. The third kappa shape index (κ3) is 1.76. The molecule has 64 valence electrons. The van der Waals surface area contributed by atoms with E-state index in [1.54, 1.807) is 7.05 Å². The smallest absolute Gasteiger partial charge is 0.249 e. The predicted molar refractivity (Wildman–Crippen MR) is 46.8 cm³/mol. The first-order valence-corrected chi connectivity index (χ1v) is 3.52. The van der Waals surface area contributed by atoms with Crippen molar-refractivity contribution in [3.8, 4) is 0 Å². The van der Waals surface area contributed by atoms with Gasteiger partial charge in [-0.15, -0.1) is 5.10 Å². The van der Waals surface area contributed by atoms with E-state index in [0.717, 1.165) is 0 Å². The monoisotopic (exact) mass is 185 g/mol. The molecule has 0 unspecified atom stereocenters. The molecule has 12 heavy (non-hydrogen) atoms. The van der Waals surface area contributed by atoms with Crippen LogP contribution in [0.4, 0.5) is 5.95 Å². The number of carbonyl (C=O) groups is 1. The van der Waals surface area contributed by atoms with Crippen molar-refractivity contribution in [1.82, 2.24) is 20.1 Å². The van der Waals surface area contributed by atoms with Crippen molar-refractivity contribution in [1.29, 1.82) is 0 Å². The lowest BCUT2D eigenvalue weighted by Gasteiger charge is -1.98. The van der Waals surface area contributed by atoms with Crippen molar-refractivity contribution in [2.24, 2.45) is 0 Å². The summed E-state index contributed by atoms with van der Waals surface area (Å²) in [6.45, 7) is 0. The van der Waals surface area contributed by atoms with E-state index in [9.17, 15) is 4.79 Å². The van der Waals surface area contributed by atoms with Gasteiger partial charge in [-0.05, 0) is 12.2 Å². The Kier molecular flexibility index (Phi) is 2.70. The van der Waals surface area contributed by atoms with Crippen LogP contribution >= 0.6 is 12.2 Å². The van der Waals surface area contributed by atoms with E-state index in [0.29, 0.717) is 11.5 Å². The topological polar surface area (TPSA) is 71.8 Å². The molecule has 0 radical (unpaired) electrons. The average Bonchev–Trinajstić information content (AvgIpc) is 2.52. The first-order valence-electron chi connectivity index (χ1n) is 3.12. The van der Waals surface area contributed by atoms with Crippen LogP contribution in [-0.2, 0) is 4.79 Å². The number of amides is 1. The normalized spacial score (nSPS) is 9.08. The van der Waals surface area contributed by atoms with Crippen LogP contribution in [0.1, 0.15) is 0 Å². The molecule has 0 aliphatic heterocycles. The van der Waals surface area contributed by atoms with Crippen molar-refractivity contribution in [2.45, 2.75) is 0 Å². The maximum Gasteiger partial charge on any atom is 0.249 e. The highest BCUT2D eigenvalue weighted by Crippen LogP contribution is 1.93.